The van der Waals surface area contributed by atoms with E-state index in [-0.39, 0.29) is 11.9 Å². The number of nitrogens with zero attached hydrogens (tertiary/aromatic N) is 1. The Morgan fingerprint density at radius 1 is 1.53 bits per heavy atom. The van der Waals surface area contributed by atoms with Gasteiger partial charge in [0.25, 0.3) is 5.91 Å². The van der Waals surface area contributed by atoms with Gasteiger partial charge in [0.1, 0.15) is 0 Å². The first-order chi connectivity index (χ1) is 8.99. The lowest BCUT2D eigenvalue weighted by molar-refractivity contribution is 0.0661. The Morgan fingerprint density at radius 2 is 2.26 bits per heavy atom. The summed E-state index contributed by atoms with van der Waals surface area (Å²) in [5.74, 6) is 0.464. The maximum absolute atomic E-state index is 12.5. The van der Waals surface area contributed by atoms with Gasteiger partial charge in [0.15, 0.2) is 0 Å². The third-order valence-electron chi connectivity index (χ3n) is 3.91. The molecule has 2 unspecified atom stereocenters. The van der Waals surface area contributed by atoms with Crippen molar-refractivity contribution in [1.82, 2.24) is 4.90 Å². The van der Waals surface area contributed by atoms with Crippen LogP contribution in [0.1, 0.15) is 35.7 Å². The molecule has 1 amide bonds. The Morgan fingerprint density at radius 3 is 2.89 bits per heavy atom. The van der Waals surface area contributed by atoms with Crippen LogP contribution in [-0.2, 0) is 0 Å². The van der Waals surface area contributed by atoms with Gasteiger partial charge in [0.05, 0.1) is 0 Å². The van der Waals surface area contributed by atoms with Crippen LogP contribution in [0.5, 0.6) is 0 Å². The van der Waals surface area contributed by atoms with Crippen molar-refractivity contribution in [3.63, 3.8) is 0 Å². The molecule has 0 spiro atoms. The Labute approximate surface area is 119 Å². The fourth-order valence-electron chi connectivity index (χ4n) is 2.53. The second-order valence-electron chi connectivity index (χ2n) is 5.48. The van der Waals surface area contributed by atoms with Crippen molar-refractivity contribution in [1.29, 1.82) is 0 Å². The summed E-state index contributed by atoms with van der Waals surface area (Å²) < 4.78 is 0. The minimum Gasteiger partial charge on any atom is -0.338 e. The Bertz CT molecular complexity index is 473. The molecule has 1 saturated heterocycles. The number of aryl methyl sites for hydroxylation is 1. The molecule has 1 fully saturated rings. The van der Waals surface area contributed by atoms with Crippen LogP contribution in [0.25, 0.3) is 0 Å². The molecule has 4 heteroatoms. The molecular weight excluding hydrogens is 260 g/mol. The molecule has 0 radical (unpaired) electrons. The number of halogens is 1. The highest BCUT2D eigenvalue weighted by Gasteiger charge is 2.26. The average Bonchev–Trinajstić information content (AvgIpc) is 2.41. The van der Waals surface area contributed by atoms with E-state index in [1.165, 1.54) is 0 Å². The van der Waals surface area contributed by atoms with E-state index in [1.54, 1.807) is 6.07 Å². The van der Waals surface area contributed by atoms with E-state index in [4.69, 9.17) is 17.3 Å². The van der Waals surface area contributed by atoms with Gasteiger partial charge in [-0.3, -0.25) is 4.79 Å². The van der Waals surface area contributed by atoms with Gasteiger partial charge in [0.2, 0.25) is 0 Å². The summed E-state index contributed by atoms with van der Waals surface area (Å²) in [5.41, 5.74) is 7.61. The first kappa shape index (κ1) is 14.4. The number of hydrogen-bond acceptors (Lipinski definition) is 2. The lowest BCUT2D eigenvalue weighted by Crippen LogP contribution is -2.45. The van der Waals surface area contributed by atoms with Crippen molar-refractivity contribution in [3.05, 3.63) is 34.3 Å². The molecule has 19 heavy (non-hydrogen) atoms. The van der Waals surface area contributed by atoms with E-state index in [2.05, 4.69) is 0 Å². The summed E-state index contributed by atoms with van der Waals surface area (Å²) in [7, 11) is 0. The molecule has 1 heterocycles. The average molecular weight is 281 g/mol. The molecule has 1 aromatic rings. The van der Waals surface area contributed by atoms with Crippen LogP contribution in [0.4, 0.5) is 0 Å². The topological polar surface area (TPSA) is 46.3 Å². The number of amides is 1. The van der Waals surface area contributed by atoms with Crippen LogP contribution in [0, 0.1) is 12.8 Å². The smallest absolute Gasteiger partial charge is 0.253 e. The van der Waals surface area contributed by atoms with Crippen LogP contribution >= 0.6 is 11.6 Å². The fourth-order valence-corrected chi connectivity index (χ4v) is 2.71. The quantitative estimate of drug-likeness (QED) is 0.905. The van der Waals surface area contributed by atoms with E-state index >= 15 is 0 Å². The monoisotopic (exact) mass is 280 g/mol. The summed E-state index contributed by atoms with van der Waals surface area (Å²) in [6.07, 6.45) is 2.13. The first-order valence-electron chi connectivity index (χ1n) is 6.80. The summed E-state index contributed by atoms with van der Waals surface area (Å²) in [6, 6.07) is 5.63. The largest absolute Gasteiger partial charge is 0.338 e. The number of rotatable bonds is 2. The molecule has 3 nitrogen and oxygen atoms in total. The molecule has 104 valence electrons. The lowest BCUT2D eigenvalue weighted by Gasteiger charge is -2.34. The number of piperidine rings is 1. The standard InChI is InChI=1S/C15H21ClN2O/c1-10-5-6-12(8-14(10)16)15(19)18-7-3-4-13(9-18)11(2)17/h5-6,8,11,13H,3-4,7,9,17H2,1-2H3. The zero-order chi connectivity index (χ0) is 14.0. The summed E-state index contributed by atoms with van der Waals surface area (Å²) >= 11 is 6.09. The molecule has 2 N–H and O–H groups in total. The number of likely N-dealkylation sites (tertiary alicyclic amines) is 1. The third kappa shape index (κ3) is 3.28. The summed E-state index contributed by atoms with van der Waals surface area (Å²) in [6.45, 7) is 5.51. The minimum atomic E-state index is 0.0623. The summed E-state index contributed by atoms with van der Waals surface area (Å²) in [5, 5.41) is 0.645. The number of carbonyl (C=O) groups is 1. The van der Waals surface area contributed by atoms with Crippen molar-refractivity contribution in [2.24, 2.45) is 11.7 Å². The second-order valence-corrected chi connectivity index (χ2v) is 5.88. The van der Waals surface area contributed by atoms with Gasteiger partial charge in [-0.25, -0.2) is 0 Å². The van der Waals surface area contributed by atoms with Gasteiger partial charge in [-0.05, 0) is 50.3 Å². The Hall–Kier alpha value is -1.06. The van der Waals surface area contributed by atoms with Gasteiger partial charge in [0, 0.05) is 29.7 Å². The highest BCUT2D eigenvalue weighted by Crippen LogP contribution is 2.22. The summed E-state index contributed by atoms with van der Waals surface area (Å²) in [4.78, 5) is 14.4. The third-order valence-corrected chi connectivity index (χ3v) is 4.31. The predicted octanol–water partition coefficient (Wildman–Crippen LogP) is 2.85. The highest BCUT2D eigenvalue weighted by molar-refractivity contribution is 6.31. The zero-order valence-electron chi connectivity index (χ0n) is 11.5. The number of nitrogens with two attached hydrogens (primary N) is 1. The van der Waals surface area contributed by atoms with E-state index in [0.29, 0.717) is 16.5 Å². The van der Waals surface area contributed by atoms with Gasteiger partial charge >= 0.3 is 0 Å². The van der Waals surface area contributed by atoms with Gasteiger partial charge < -0.3 is 10.6 Å². The van der Waals surface area contributed by atoms with Crippen molar-refractivity contribution >= 4 is 17.5 Å². The number of carbonyl (C=O) groups excluding carboxylic acids is 1. The van der Waals surface area contributed by atoms with Crippen LogP contribution in [0.3, 0.4) is 0 Å². The van der Waals surface area contributed by atoms with Gasteiger partial charge in [-0.2, -0.15) is 0 Å². The molecule has 2 atom stereocenters. The molecular formula is C15H21ClN2O. The van der Waals surface area contributed by atoms with E-state index in [1.807, 2.05) is 30.9 Å². The number of benzene rings is 1. The number of hydrogen-bond donors (Lipinski definition) is 1. The van der Waals surface area contributed by atoms with E-state index < -0.39 is 0 Å². The maximum Gasteiger partial charge on any atom is 0.253 e. The highest BCUT2D eigenvalue weighted by atomic mass is 35.5. The van der Waals surface area contributed by atoms with Crippen LogP contribution < -0.4 is 5.73 Å². The SMILES string of the molecule is Cc1ccc(C(=O)N2CCCC(C(C)N)C2)cc1Cl. The molecule has 2 rings (SSSR count). The van der Waals surface area contributed by atoms with Gasteiger partial charge in [-0.15, -0.1) is 0 Å². The first-order valence-corrected chi connectivity index (χ1v) is 7.18. The molecule has 1 aliphatic rings. The van der Waals surface area contributed by atoms with Crippen LogP contribution in [0.15, 0.2) is 18.2 Å². The Kier molecular flexibility index (Phi) is 4.48. The second kappa shape index (κ2) is 5.93. The van der Waals surface area contributed by atoms with Crippen LogP contribution in [-0.4, -0.2) is 29.9 Å². The van der Waals surface area contributed by atoms with Crippen molar-refractivity contribution in [2.75, 3.05) is 13.1 Å². The van der Waals surface area contributed by atoms with E-state index in [9.17, 15) is 4.79 Å². The van der Waals surface area contributed by atoms with Crippen molar-refractivity contribution < 1.29 is 4.79 Å². The van der Waals surface area contributed by atoms with Crippen LogP contribution in [0.2, 0.25) is 5.02 Å². The molecule has 0 aromatic heterocycles. The maximum atomic E-state index is 12.5. The van der Waals surface area contributed by atoms with Crippen molar-refractivity contribution in [3.8, 4) is 0 Å². The molecule has 0 aliphatic carbocycles. The molecule has 0 bridgehead atoms. The minimum absolute atomic E-state index is 0.0623. The van der Waals surface area contributed by atoms with E-state index in [0.717, 1.165) is 31.5 Å². The normalized spacial score (nSPS) is 21.3. The predicted molar refractivity (Wildman–Crippen MR) is 78.5 cm³/mol. The molecule has 1 aliphatic heterocycles. The van der Waals surface area contributed by atoms with Crippen molar-refractivity contribution in [2.45, 2.75) is 32.7 Å². The Balaban J connectivity index is 2.12. The fraction of sp³-hybridized carbons (Fsp3) is 0.533. The lowest BCUT2D eigenvalue weighted by atomic mass is 9.92. The zero-order valence-corrected chi connectivity index (χ0v) is 12.3. The molecule has 1 aromatic carbocycles. The van der Waals surface area contributed by atoms with Gasteiger partial charge in [-0.1, -0.05) is 17.7 Å². The molecule has 0 saturated carbocycles.